The van der Waals surface area contributed by atoms with Crippen molar-refractivity contribution < 1.29 is 4.79 Å². The van der Waals surface area contributed by atoms with Gasteiger partial charge >= 0.3 is 0 Å². The lowest BCUT2D eigenvalue weighted by Crippen LogP contribution is -2.33. The second-order valence-corrected chi connectivity index (χ2v) is 5.06. The largest absolute Gasteiger partial charge is 0.337 e. The first kappa shape index (κ1) is 15.5. The number of amides is 1. The average molecular weight is 341 g/mol. The monoisotopic (exact) mass is 339 g/mol. The van der Waals surface area contributed by atoms with Gasteiger partial charge in [-0.05, 0) is 18.2 Å². The number of carbonyl (C=O) groups excluding carboxylic acids is 1. The third-order valence-corrected chi connectivity index (χ3v) is 3.26. The summed E-state index contributed by atoms with van der Waals surface area (Å²) in [6, 6.07) is 8.99. The van der Waals surface area contributed by atoms with E-state index in [1.54, 1.807) is 18.2 Å². The zero-order chi connectivity index (χ0) is 14.3. The fourth-order valence-electron chi connectivity index (χ4n) is 1.52. The van der Waals surface area contributed by atoms with E-state index in [1.807, 2.05) is 12.1 Å². The summed E-state index contributed by atoms with van der Waals surface area (Å²) >= 11 is 9.29. The Balaban J connectivity index is 2.94. The van der Waals surface area contributed by atoms with E-state index < -0.39 is 0 Å². The number of halogens is 2. The minimum absolute atomic E-state index is 0.225. The Bertz CT molecular complexity index is 530. The van der Waals surface area contributed by atoms with Gasteiger partial charge in [-0.25, -0.2) is 0 Å². The molecule has 0 saturated heterocycles. The lowest BCUT2D eigenvalue weighted by Gasteiger charge is -2.21. The highest BCUT2D eigenvalue weighted by Gasteiger charge is 2.18. The van der Waals surface area contributed by atoms with Crippen LogP contribution in [0.4, 0.5) is 0 Å². The maximum atomic E-state index is 12.3. The summed E-state index contributed by atoms with van der Waals surface area (Å²) in [6.07, 6.45) is 0.450. The maximum Gasteiger partial charge on any atom is 0.255 e. The van der Waals surface area contributed by atoms with E-state index >= 15 is 0 Å². The van der Waals surface area contributed by atoms with Crippen LogP contribution in [0.3, 0.4) is 0 Å². The molecule has 19 heavy (non-hydrogen) atoms. The molecule has 6 heteroatoms. The van der Waals surface area contributed by atoms with Crippen LogP contribution in [-0.2, 0) is 0 Å². The van der Waals surface area contributed by atoms with Crippen LogP contribution in [0.15, 0.2) is 22.7 Å². The molecule has 0 aromatic heterocycles. The molecule has 0 aliphatic rings. The highest BCUT2D eigenvalue weighted by atomic mass is 79.9. The fraction of sp³-hybridized carbons (Fsp3) is 0.308. The van der Waals surface area contributed by atoms with E-state index in [1.165, 1.54) is 4.90 Å². The van der Waals surface area contributed by atoms with Crippen LogP contribution in [-0.4, -0.2) is 23.9 Å². The average Bonchev–Trinajstić information content (AvgIpc) is 2.41. The summed E-state index contributed by atoms with van der Waals surface area (Å²) in [5.41, 5.74) is 0.368. The van der Waals surface area contributed by atoms with Crippen molar-refractivity contribution in [1.82, 2.24) is 4.90 Å². The Morgan fingerprint density at radius 2 is 1.84 bits per heavy atom. The fourth-order valence-corrected chi connectivity index (χ4v) is 2.08. The van der Waals surface area contributed by atoms with Gasteiger partial charge < -0.3 is 4.90 Å². The third kappa shape index (κ3) is 4.55. The molecule has 4 nitrogen and oxygen atoms in total. The van der Waals surface area contributed by atoms with Gasteiger partial charge in [0.2, 0.25) is 0 Å². The molecule has 1 rings (SSSR count). The highest BCUT2D eigenvalue weighted by Crippen LogP contribution is 2.22. The van der Waals surface area contributed by atoms with Crippen molar-refractivity contribution in [3.8, 4) is 12.1 Å². The van der Waals surface area contributed by atoms with Crippen molar-refractivity contribution in [2.45, 2.75) is 12.8 Å². The SMILES string of the molecule is N#CCCN(CCC#N)C(=O)c1cc(Br)ccc1Cl. The quantitative estimate of drug-likeness (QED) is 0.825. The van der Waals surface area contributed by atoms with Crippen LogP contribution in [0, 0.1) is 22.7 Å². The lowest BCUT2D eigenvalue weighted by atomic mass is 10.2. The summed E-state index contributed by atoms with van der Waals surface area (Å²) in [4.78, 5) is 13.8. The number of hydrogen-bond donors (Lipinski definition) is 0. The van der Waals surface area contributed by atoms with Gasteiger partial charge in [0, 0.05) is 17.6 Å². The molecule has 1 amide bonds. The van der Waals surface area contributed by atoms with Gasteiger partial charge in [0.25, 0.3) is 5.91 Å². The first-order valence-corrected chi connectivity index (χ1v) is 6.75. The van der Waals surface area contributed by atoms with Gasteiger partial charge in [0.15, 0.2) is 0 Å². The molecule has 1 aromatic rings. The van der Waals surface area contributed by atoms with E-state index in [-0.39, 0.29) is 18.7 Å². The van der Waals surface area contributed by atoms with Gasteiger partial charge in [-0.1, -0.05) is 27.5 Å². The molecule has 0 saturated carbocycles. The Morgan fingerprint density at radius 3 is 2.37 bits per heavy atom. The normalized spacial score (nSPS) is 9.47. The molecule has 98 valence electrons. The topological polar surface area (TPSA) is 67.9 Å². The van der Waals surface area contributed by atoms with Crippen LogP contribution in [0.1, 0.15) is 23.2 Å². The van der Waals surface area contributed by atoms with Crippen LogP contribution in [0.25, 0.3) is 0 Å². The van der Waals surface area contributed by atoms with E-state index in [0.29, 0.717) is 23.7 Å². The minimum atomic E-state index is -0.267. The molecule has 0 unspecified atom stereocenters. The molecule has 0 heterocycles. The highest BCUT2D eigenvalue weighted by molar-refractivity contribution is 9.10. The summed E-state index contributed by atoms with van der Waals surface area (Å²) in [5.74, 6) is -0.267. The molecular weight excluding hydrogens is 330 g/mol. The number of carbonyl (C=O) groups is 1. The zero-order valence-electron chi connectivity index (χ0n) is 10.1. The lowest BCUT2D eigenvalue weighted by molar-refractivity contribution is 0.0762. The number of rotatable bonds is 5. The van der Waals surface area contributed by atoms with Gasteiger partial charge in [0.1, 0.15) is 0 Å². The van der Waals surface area contributed by atoms with E-state index in [0.717, 1.165) is 4.47 Å². The molecular formula is C13H11BrClN3O. The third-order valence-electron chi connectivity index (χ3n) is 2.43. The Labute approximate surface area is 125 Å². The first-order chi connectivity index (χ1) is 9.10. The number of hydrogen-bond acceptors (Lipinski definition) is 3. The number of benzene rings is 1. The van der Waals surface area contributed by atoms with Crippen molar-refractivity contribution in [1.29, 1.82) is 10.5 Å². The van der Waals surface area contributed by atoms with Crippen molar-refractivity contribution in [3.63, 3.8) is 0 Å². The van der Waals surface area contributed by atoms with Gasteiger partial charge in [-0.3, -0.25) is 4.79 Å². The summed E-state index contributed by atoms with van der Waals surface area (Å²) in [7, 11) is 0. The van der Waals surface area contributed by atoms with E-state index in [9.17, 15) is 4.79 Å². The van der Waals surface area contributed by atoms with Crippen molar-refractivity contribution in [2.75, 3.05) is 13.1 Å². The molecule has 1 aromatic carbocycles. The molecule has 0 aliphatic carbocycles. The van der Waals surface area contributed by atoms with Crippen molar-refractivity contribution >= 4 is 33.4 Å². The maximum absolute atomic E-state index is 12.3. The van der Waals surface area contributed by atoms with E-state index in [4.69, 9.17) is 22.1 Å². The van der Waals surface area contributed by atoms with Crippen LogP contribution >= 0.6 is 27.5 Å². The number of nitrogens with zero attached hydrogens (tertiary/aromatic N) is 3. The summed E-state index contributed by atoms with van der Waals surface area (Å²) in [5, 5.41) is 17.6. The first-order valence-electron chi connectivity index (χ1n) is 5.58. The summed E-state index contributed by atoms with van der Waals surface area (Å²) < 4.78 is 0.751. The van der Waals surface area contributed by atoms with Crippen molar-refractivity contribution in [2.24, 2.45) is 0 Å². The molecule has 0 aliphatic heterocycles. The van der Waals surface area contributed by atoms with Gasteiger partial charge in [0.05, 0.1) is 35.6 Å². The standard InChI is InChI=1S/C13H11BrClN3O/c14-10-3-4-12(15)11(9-10)13(19)18(7-1-5-16)8-2-6-17/h3-4,9H,1-2,7-8H2. The smallest absolute Gasteiger partial charge is 0.255 e. The Kier molecular flexibility index (Phi) is 6.35. The van der Waals surface area contributed by atoms with Gasteiger partial charge in [-0.2, -0.15) is 10.5 Å². The van der Waals surface area contributed by atoms with E-state index in [2.05, 4.69) is 15.9 Å². The van der Waals surface area contributed by atoms with Crippen molar-refractivity contribution in [3.05, 3.63) is 33.3 Å². The molecule has 0 radical (unpaired) electrons. The Hall–Kier alpha value is -1.56. The minimum Gasteiger partial charge on any atom is -0.337 e. The van der Waals surface area contributed by atoms with Crippen LogP contribution < -0.4 is 0 Å². The van der Waals surface area contributed by atoms with Crippen LogP contribution in [0.5, 0.6) is 0 Å². The predicted molar refractivity (Wildman–Crippen MR) is 75.5 cm³/mol. The molecule has 0 spiro atoms. The van der Waals surface area contributed by atoms with Gasteiger partial charge in [-0.15, -0.1) is 0 Å². The molecule has 0 N–H and O–H groups in total. The number of nitriles is 2. The van der Waals surface area contributed by atoms with Crippen LogP contribution in [0.2, 0.25) is 5.02 Å². The predicted octanol–water partition coefficient (Wildman–Crippen LogP) is 3.37. The molecule has 0 fully saturated rings. The molecule has 0 atom stereocenters. The molecule has 0 bridgehead atoms. The Morgan fingerprint density at radius 1 is 1.26 bits per heavy atom. The second-order valence-electron chi connectivity index (χ2n) is 3.73. The second kappa shape index (κ2) is 7.78. The summed E-state index contributed by atoms with van der Waals surface area (Å²) in [6.45, 7) is 0.583. The zero-order valence-corrected chi connectivity index (χ0v) is 12.4.